The molecule has 0 bridgehead atoms. The van der Waals surface area contributed by atoms with Crippen molar-refractivity contribution in [2.45, 2.75) is 51.7 Å². The number of nitrogens with one attached hydrogen (secondary N) is 1. The highest BCUT2D eigenvalue weighted by Crippen LogP contribution is 2.47. The van der Waals surface area contributed by atoms with Crippen LogP contribution in [-0.4, -0.2) is 41.3 Å². The number of anilines is 1. The summed E-state index contributed by atoms with van der Waals surface area (Å²) in [5.74, 6) is -2.24. The van der Waals surface area contributed by atoms with Gasteiger partial charge in [-0.05, 0) is 47.7 Å². The largest absolute Gasteiger partial charge is 0.465 e. The molecule has 13 heteroatoms. The van der Waals surface area contributed by atoms with E-state index in [1.807, 2.05) is 6.92 Å². The van der Waals surface area contributed by atoms with E-state index in [1.165, 1.54) is 14.0 Å². The molecule has 1 saturated carbocycles. The van der Waals surface area contributed by atoms with Gasteiger partial charge < -0.3 is 14.8 Å². The van der Waals surface area contributed by atoms with Crippen LogP contribution in [0.5, 0.6) is 0 Å². The van der Waals surface area contributed by atoms with Crippen LogP contribution in [0.15, 0.2) is 4.47 Å². The van der Waals surface area contributed by atoms with Crippen molar-refractivity contribution < 1.29 is 37.0 Å². The summed E-state index contributed by atoms with van der Waals surface area (Å²) < 4.78 is 50.7. The number of methoxy groups -OCH3 is 1. The molecule has 3 rings (SSSR count). The summed E-state index contributed by atoms with van der Waals surface area (Å²) in [6, 6.07) is 0. The van der Waals surface area contributed by atoms with Gasteiger partial charge in [0.05, 0.1) is 29.4 Å². The monoisotopic (exact) mass is 551 g/mol. The van der Waals surface area contributed by atoms with Crippen molar-refractivity contribution in [3.63, 3.8) is 0 Å². The van der Waals surface area contributed by atoms with Crippen LogP contribution < -0.4 is 5.32 Å². The second-order valence-electron chi connectivity index (χ2n) is 7.41. The van der Waals surface area contributed by atoms with Crippen molar-refractivity contribution in [2.24, 2.45) is 0 Å². The third-order valence-electron chi connectivity index (χ3n) is 4.87. The molecule has 2 heterocycles. The molecular weight excluding hydrogens is 531 g/mol. The van der Waals surface area contributed by atoms with E-state index in [0.717, 1.165) is 16.0 Å². The van der Waals surface area contributed by atoms with E-state index in [4.69, 9.17) is 9.47 Å². The number of ether oxygens (including phenoxy) is 2. The van der Waals surface area contributed by atoms with Gasteiger partial charge in [-0.3, -0.25) is 9.48 Å². The topological polar surface area (TPSA) is 99.5 Å². The van der Waals surface area contributed by atoms with Crippen LogP contribution in [0.1, 0.15) is 69.1 Å². The standard InChI is InChI=1S/C20H21BrF3N3O5S/c1-4-7-32-18(29)12-9(2)15(19(30)31-3)33-17(12)25-11(28)8-27-14(10-5-6-10)13(21)16(26-27)20(22,23)24/h10H,4-8H2,1-3H3,(H,25,28). The van der Waals surface area contributed by atoms with Gasteiger partial charge in [0, 0.05) is 5.92 Å². The molecule has 2 aromatic heterocycles. The first-order chi connectivity index (χ1) is 15.5. The van der Waals surface area contributed by atoms with E-state index in [9.17, 15) is 27.6 Å². The van der Waals surface area contributed by atoms with Gasteiger partial charge in [-0.15, -0.1) is 11.3 Å². The Morgan fingerprint density at radius 2 is 1.94 bits per heavy atom. The first kappa shape index (κ1) is 25.2. The van der Waals surface area contributed by atoms with Gasteiger partial charge in [-0.25, -0.2) is 9.59 Å². The average Bonchev–Trinajstić information content (AvgIpc) is 3.44. The number of rotatable bonds is 8. The van der Waals surface area contributed by atoms with Crippen LogP contribution in [0.25, 0.3) is 0 Å². The van der Waals surface area contributed by atoms with Crippen molar-refractivity contribution in [3.8, 4) is 0 Å². The number of hydrogen-bond donors (Lipinski definition) is 1. The highest BCUT2D eigenvalue weighted by molar-refractivity contribution is 9.10. The molecule has 0 spiro atoms. The molecule has 0 aromatic carbocycles. The zero-order chi connectivity index (χ0) is 24.5. The molecule has 2 aromatic rings. The van der Waals surface area contributed by atoms with E-state index in [1.54, 1.807) is 0 Å². The number of nitrogens with zero attached hydrogens (tertiary/aromatic N) is 2. The lowest BCUT2D eigenvalue weighted by Crippen LogP contribution is -2.22. The number of esters is 2. The van der Waals surface area contributed by atoms with Crippen LogP contribution in [0.4, 0.5) is 18.2 Å². The molecule has 8 nitrogen and oxygen atoms in total. The predicted octanol–water partition coefficient (Wildman–Crippen LogP) is 4.90. The highest BCUT2D eigenvalue weighted by Gasteiger charge is 2.42. The summed E-state index contributed by atoms with van der Waals surface area (Å²) >= 11 is 3.81. The molecule has 0 unspecified atom stereocenters. The maximum Gasteiger partial charge on any atom is 0.436 e. The van der Waals surface area contributed by atoms with Gasteiger partial charge in [0.15, 0.2) is 5.69 Å². The second kappa shape index (κ2) is 9.84. The lowest BCUT2D eigenvalue weighted by Gasteiger charge is -2.09. The van der Waals surface area contributed by atoms with Gasteiger partial charge in [-0.1, -0.05) is 6.92 Å². The van der Waals surface area contributed by atoms with Crippen molar-refractivity contribution in [1.29, 1.82) is 0 Å². The summed E-state index contributed by atoms with van der Waals surface area (Å²) in [4.78, 5) is 37.5. The smallest absolute Gasteiger partial charge is 0.436 e. The molecule has 1 N–H and O–H groups in total. The minimum absolute atomic E-state index is 0.00208. The van der Waals surface area contributed by atoms with Gasteiger partial charge in [0.25, 0.3) is 0 Å². The Kier molecular flexibility index (Phi) is 7.52. The maximum absolute atomic E-state index is 13.3. The number of aromatic nitrogens is 2. The Labute approximate surface area is 199 Å². The summed E-state index contributed by atoms with van der Waals surface area (Å²) in [5, 5.41) is 6.18. The number of carbonyl (C=O) groups excluding carboxylic acids is 3. The van der Waals surface area contributed by atoms with E-state index >= 15 is 0 Å². The number of halogens is 4. The van der Waals surface area contributed by atoms with Gasteiger partial charge in [-0.2, -0.15) is 18.3 Å². The Balaban J connectivity index is 1.90. The average molecular weight is 552 g/mol. The fourth-order valence-corrected chi connectivity index (χ4v) is 5.17. The molecular formula is C20H21BrF3N3O5S. The third-order valence-corrected chi connectivity index (χ3v) is 6.84. The molecule has 1 fully saturated rings. The van der Waals surface area contributed by atoms with Crippen LogP contribution in [0, 0.1) is 6.92 Å². The lowest BCUT2D eigenvalue weighted by molar-refractivity contribution is -0.142. The third kappa shape index (κ3) is 5.40. The Bertz CT molecular complexity index is 1090. The molecule has 0 saturated heterocycles. The van der Waals surface area contributed by atoms with Crippen molar-refractivity contribution in [2.75, 3.05) is 19.0 Å². The first-order valence-corrected chi connectivity index (χ1v) is 11.6. The van der Waals surface area contributed by atoms with Crippen LogP contribution in [-0.2, 0) is 27.0 Å². The lowest BCUT2D eigenvalue weighted by atomic mass is 10.1. The quantitative estimate of drug-likeness (QED) is 0.468. The number of carbonyl (C=O) groups is 3. The molecule has 33 heavy (non-hydrogen) atoms. The first-order valence-electron chi connectivity index (χ1n) is 10.0. The number of hydrogen-bond acceptors (Lipinski definition) is 7. The molecule has 0 radical (unpaired) electrons. The molecule has 1 amide bonds. The van der Waals surface area contributed by atoms with Crippen molar-refractivity contribution in [1.82, 2.24) is 9.78 Å². The molecule has 1 aliphatic carbocycles. The summed E-state index contributed by atoms with van der Waals surface area (Å²) in [6.07, 6.45) is -2.71. The minimum atomic E-state index is -4.68. The highest BCUT2D eigenvalue weighted by atomic mass is 79.9. The summed E-state index contributed by atoms with van der Waals surface area (Å²) in [6.45, 7) is 2.97. The SMILES string of the molecule is CCCOC(=O)c1c(NC(=O)Cn2nc(C(F)(F)F)c(Br)c2C2CC2)sc(C(=O)OC)c1C. The Morgan fingerprint density at radius 3 is 2.48 bits per heavy atom. The molecule has 1 aliphatic rings. The second-order valence-corrected chi connectivity index (χ2v) is 9.23. The van der Waals surface area contributed by atoms with Crippen molar-refractivity contribution >= 4 is 50.1 Å². The number of thiophene rings is 1. The van der Waals surface area contributed by atoms with E-state index in [-0.39, 0.29) is 38.0 Å². The van der Waals surface area contributed by atoms with E-state index < -0.39 is 36.3 Å². The normalized spacial score (nSPS) is 13.7. The Hall–Kier alpha value is -2.41. The summed E-state index contributed by atoms with van der Waals surface area (Å²) in [7, 11) is 1.18. The predicted molar refractivity (Wildman–Crippen MR) is 117 cm³/mol. The van der Waals surface area contributed by atoms with Gasteiger partial charge in [0.2, 0.25) is 5.91 Å². The van der Waals surface area contributed by atoms with E-state index in [0.29, 0.717) is 25.0 Å². The van der Waals surface area contributed by atoms with Crippen LogP contribution in [0.2, 0.25) is 0 Å². The van der Waals surface area contributed by atoms with E-state index in [2.05, 4.69) is 26.3 Å². The fraction of sp³-hybridized carbons (Fsp3) is 0.500. The summed E-state index contributed by atoms with van der Waals surface area (Å²) in [5.41, 5.74) is -0.510. The number of amides is 1. The van der Waals surface area contributed by atoms with Gasteiger partial charge >= 0.3 is 18.1 Å². The maximum atomic E-state index is 13.3. The number of alkyl halides is 3. The molecule has 0 atom stereocenters. The molecule has 180 valence electrons. The molecule has 0 aliphatic heterocycles. The van der Waals surface area contributed by atoms with Gasteiger partial charge in [0.1, 0.15) is 16.4 Å². The van der Waals surface area contributed by atoms with Crippen LogP contribution in [0.3, 0.4) is 0 Å². The fourth-order valence-electron chi connectivity index (χ4n) is 3.21. The Morgan fingerprint density at radius 1 is 1.27 bits per heavy atom. The zero-order valence-corrected chi connectivity index (χ0v) is 20.4. The van der Waals surface area contributed by atoms with Crippen molar-refractivity contribution in [3.05, 3.63) is 31.9 Å². The minimum Gasteiger partial charge on any atom is -0.465 e. The zero-order valence-electron chi connectivity index (χ0n) is 18.0. The van der Waals surface area contributed by atoms with Crippen LogP contribution >= 0.6 is 27.3 Å².